The Hall–Kier alpha value is -2.76. The summed E-state index contributed by atoms with van der Waals surface area (Å²) < 4.78 is 31.9. The van der Waals surface area contributed by atoms with E-state index in [0.717, 1.165) is 22.9 Å². The fourth-order valence-electron chi connectivity index (χ4n) is 3.91. The largest absolute Gasteiger partial charge is 0.465 e. The summed E-state index contributed by atoms with van der Waals surface area (Å²) in [5.74, 6) is -1.51. The van der Waals surface area contributed by atoms with Gasteiger partial charge in [0.15, 0.2) is 0 Å². The molecule has 1 unspecified atom stereocenters. The van der Waals surface area contributed by atoms with Crippen LogP contribution in [0.1, 0.15) is 39.9 Å². The SMILES string of the molecule is COC(=O)c1cc(C)c(N2CC(Cc3ccc(F)cc3F)CCC2=O)c(C)c1. The molecule has 0 radical (unpaired) electrons. The third-order valence-electron chi connectivity index (χ3n) is 5.21. The van der Waals surface area contributed by atoms with E-state index in [0.29, 0.717) is 36.9 Å². The summed E-state index contributed by atoms with van der Waals surface area (Å²) in [5, 5.41) is 0. The number of nitrogens with zero attached hydrogens (tertiary/aromatic N) is 1. The summed E-state index contributed by atoms with van der Waals surface area (Å²) in [5.41, 5.74) is 3.29. The predicted octanol–water partition coefficient (Wildman–Crippen LogP) is 4.35. The third-order valence-corrected chi connectivity index (χ3v) is 5.21. The number of halogens is 2. The lowest BCUT2D eigenvalue weighted by Gasteiger charge is -2.35. The number of hydrogen-bond acceptors (Lipinski definition) is 3. The summed E-state index contributed by atoms with van der Waals surface area (Å²) in [7, 11) is 1.33. The van der Waals surface area contributed by atoms with Gasteiger partial charge < -0.3 is 9.64 Å². The zero-order chi connectivity index (χ0) is 20.4. The molecule has 6 heteroatoms. The van der Waals surface area contributed by atoms with Crippen molar-refractivity contribution in [3.8, 4) is 0 Å². The number of hydrogen-bond donors (Lipinski definition) is 0. The van der Waals surface area contributed by atoms with Crippen LogP contribution in [0.2, 0.25) is 0 Å². The van der Waals surface area contributed by atoms with Gasteiger partial charge in [-0.2, -0.15) is 0 Å². The van der Waals surface area contributed by atoms with Gasteiger partial charge in [0.25, 0.3) is 0 Å². The molecule has 3 rings (SSSR count). The number of amides is 1. The van der Waals surface area contributed by atoms with Crippen LogP contribution in [0.3, 0.4) is 0 Å². The van der Waals surface area contributed by atoms with Crippen molar-refractivity contribution >= 4 is 17.6 Å². The normalized spacial score (nSPS) is 17.0. The minimum absolute atomic E-state index is 0.00726. The van der Waals surface area contributed by atoms with E-state index in [1.54, 1.807) is 17.0 Å². The first-order chi connectivity index (χ1) is 13.3. The fourth-order valence-corrected chi connectivity index (χ4v) is 3.91. The average Bonchev–Trinajstić information content (AvgIpc) is 2.65. The van der Waals surface area contributed by atoms with Gasteiger partial charge in [-0.25, -0.2) is 13.6 Å². The van der Waals surface area contributed by atoms with Crippen molar-refractivity contribution in [2.75, 3.05) is 18.6 Å². The summed E-state index contributed by atoms with van der Waals surface area (Å²) in [6, 6.07) is 7.04. The van der Waals surface area contributed by atoms with Crippen molar-refractivity contribution in [2.45, 2.75) is 33.1 Å². The van der Waals surface area contributed by atoms with Gasteiger partial charge >= 0.3 is 5.97 Å². The van der Waals surface area contributed by atoms with E-state index in [1.807, 2.05) is 13.8 Å². The molecule has 0 N–H and O–H groups in total. The molecule has 2 aromatic rings. The molecule has 1 aliphatic heterocycles. The van der Waals surface area contributed by atoms with E-state index in [2.05, 4.69) is 0 Å². The Balaban J connectivity index is 1.85. The topological polar surface area (TPSA) is 46.6 Å². The number of anilines is 1. The molecule has 0 saturated carbocycles. The first-order valence-electron chi connectivity index (χ1n) is 9.24. The van der Waals surface area contributed by atoms with Crippen molar-refractivity contribution in [3.63, 3.8) is 0 Å². The number of carbonyl (C=O) groups excluding carboxylic acids is 2. The number of aryl methyl sites for hydroxylation is 2. The fraction of sp³-hybridized carbons (Fsp3) is 0.364. The van der Waals surface area contributed by atoms with Crippen LogP contribution in [0, 0.1) is 31.4 Å². The maximum atomic E-state index is 14.0. The summed E-state index contributed by atoms with van der Waals surface area (Å²) in [6.45, 7) is 4.16. The molecule has 1 atom stereocenters. The zero-order valence-corrected chi connectivity index (χ0v) is 16.2. The number of esters is 1. The van der Waals surface area contributed by atoms with Crippen LogP contribution in [0.5, 0.6) is 0 Å². The number of rotatable bonds is 4. The van der Waals surface area contributed by atoms with Crippen molar-refractivity contribution in [1.82, 2.24) is 0 Å². The van der Waals surface area contributed by atoms with Gasteiger partial charge in [0.2, 0.25) is 5.91 Å². The molecular formula is C22H23F2NO3. The first kappa shape index (κ1) is 20.0. The highest BCUT2D eigenvalue weighted by molar-refractivity contribution is 5.97. The van der Waals surface area contributed by atoms with E-state index >= 15 is 0 Å². The number of ether oxygens (including phenoxy) is 1. The smallest absolute Gasteiger partial charge is 0.337 e. The molecule has 28 heavy (non-hydrogen) atoms. The van der Waals surface area contributed by atoms with Crippen LogP contribution >= 0.6 is 0 Å². The van der Waals surface area contributed by atoms with Crippen molar-refractivity contribution < 1.29 is 23.1 Å². The van der Waals surface area contributed by atoms with Gasteiger partial charge in [-0.15, -0.1) is 0 Å². The zero-order valence-electron chi connectivity index (χ0n) is 16.2. The lowest BCUT2D eigenvalue weighted by molar-refractivity contribution is -0.120. The minimum Gasteiger partial charge on any atom is -0.465 e. The Morgan fingerprint density at radius 1 is 1.18 bits per heavy atom. The van der Waals surface area contributed by atoms with Crippen LogP contribution in [0.15, 0.2) is 30.3 Å². The van der Waals surface area contributed by atoms with Crippen molar-refractivity contribution in [2.24, 2.45) is 5.92 Å². The second-order valence-electron chi connectivity index (χ2n) is 7.30. The lowest BCUT2D eigenvalue weighted by atomic mass is 9.89. The minimum atomic E-state index is -0.598. The molecule has 148 valence electrons. The first-order valence-corrected chi connectivity index (χ1v) is 9.24. The molecule has 1 heterocycles. The van der Waals surface area contributed by atoms with Gasteiger partial charge in [-0.05, 0) is 67.5 Å². The van der Waals surface area contributed by atoms with E-state index in [9.17, 15) is 18.4 Å². The van der Waals surface area contributed by atoms with Crippen LogP contribution in [0.4, 0.5) is 14.5 Å². The van der Waals surface area contributed by atoms with Gasteiger partial charge in [0, 0.05) is 24.7 Å². The standard InChI is InChI=1S/C22H23F2NO3/c1-13-8-17(22(27)28-3)9-14(2)21(13)25-12-15(4-7-20(25)26)10-16-5-6-18(23)11-19(16)24/h5-6,8-9,11,15H,4,7,10,12H2,1-3H3. The molecule has 1 aliphatic rings. The number of piperidine rings is 1. The maximum Gasteiger partial charge on any atom is 0.337 e. The second kappa shape index (κ2) is 8.09. The van der Waals surface area contributed by atoms with Gasteiger partial charge in [-0.3, -0.25) is 4.79 Å². The molecule has 0 aromatic heterocycles. The third kappa shape index (κ3) is 4.06. The highest BCUT2D eigenvalue weighted by Gasteiger charge is 2.29. The lowest BCUT2D eigenvalue weighted by Crippen LogP contribution is -2.41. The molecule has 1 saturated heterocycles. The van der Waals surface area contributed by atoms with Crippen LogP contribution < -0.4 is 4.90 Å². The molecule has 0 bridgehead atoms. The Kier molecular flexibility index (Phi) is 5.77. The number of carbonyl (C=O) groups is 2. The van der Waals surface area contributed by atoms with E-state index in [-0.39, 0.29) is 11.8 Å². The van der Waals surface area contributed by atoms with E-state index in [4.69, 9.17) is 4.74 Å². The predicted molar refractivity (Wildman–Crippen MR) is 102 cm³/mol. The van der Waals surface area contributed by atoms with Gasteiger partial charge in [0.1, 0.15) is 11.6 Å². The van der Waals surface area contributed by atoms with Crippen LogP contribution in [-0.2, 0) is 16.0 Å². The molecule has 4 nitrogen and oxygen atoms in total. The molecule has 0 aliphatic carbocycles. The monoisotopic (exact) mass is 387 g/mol. The Labute approximate surface area is 163 Å². The van der Waals surface area contributed by atoms with E-state index < -0.39 is 17.6 Å². The molecule has 1 amide bonds. The highest BCUT2D eigenvalue weighted by Crippen LogP contribution is 2.32. The van der Waals surface area contributed by atoms with E-state index in [1.165, 1.54) is 19.2 Å². The quantitative estimate of drug-likeness (QED) is 0.733. The Morgan fingerprint density at radius 3 is 2.46 bits per heavy atom. The summed E-state index contributed by atoms with van der Waals surface area (Å²) >= 11 is 0. The second-order valence-corrected chi connectivity index (χ2v) is 7.30. The Bertz CT molecular complexity index is 903. The molecular weight excluding hydrogens is 364 g/mol. The number of benzene rings is 2. The summed E-state index contributed by atoms with van der Waals surface area (Å²) in [6.07, 6.45) is 1.46. The number of methoxy groups -OCH3 is 1. The molecule has 0 spiro atoms. The van der Waals surface area contributed by atoms with Crippen molar-refractivity contribution in [3.05, 3.63) is 64.2 Å². The summed E-state index contributed by atoms with van der Waals surface area (Å²) in [4.78, 5) is 26.1. The van der Waals surface area contributed by atoms with Crippen molar-refractivity contribution in [1.29, 1.82) is 0 Å². The maximum absolute atomic E-state index is 14.0. The van der Waals surface area contributed by atoms with Gasteiger partial charge in [0.05, 0.1) is 12.7 Å². The Morgan fingerprint density at radius 2 is 1.86 bits per heavy atom. The van der Waals surface area contributed by atoms with Crippen LogP contribution in [0.25, 0.3) is 0 Å². The van der Waals surface area contributed by atoms with Crippen LogP contribution in [-0.4, -0.2) is 25.5 Å². The highest BCUT2D eigenvalue weighted by atomic mass is 19.1. The average molecular weight is 387 g/mol. The molecule has 2 aromatic carbocycles. The molecule has 1 fully saturated rings. The van der Waals surface area contributed by atoms with Gasteiger partial charge in [-0.1, -0.05) is 6.07 Å².